The second-order valence-corrected chi connectivity index (χ2v) is 9.10. The number of halogens is 1. The summed E-state index contributed by atoms with van der Waals surface area (Å²) in [5.41, 5.74) is 3.65. The third-order valence-electron chi connectivity index (χ3n) is 7.14. The first-order valence-corrected chi connectivity index (χ1v) is 10.8. The Labute approximate surface area is 182 Å². The molecule has 0 spiro atoms. The standard InChI is InChI=1S/C25H18BrNO3/c26-18-11-5-6-12-19(18)27-23(29)21-20-14-7-1-3-9-16(14)25(13-28,22(21)24(27)30)17-10-4-2-8-15(17)20/h1-12,20-22,28H,13H2/t20?,21-,22-,25?/m0/s1. The lowest BCUT2D eigenvalue weighted by molar-refractivity contribution is -0.124. The molecule has 0 radical (unpaired) electrons. The first kappa shape index (κ1) is 18.0. The van der Waals surface area contributed by atoms with E-state index >= 15 is 0 Å². The molecule has 3 aromatic rings. The van der Waals surface area contributed by atoms with Crippen LogP contribution < -0.4 is 4.90 Å². The van der Waals surface area contributed by atoms with Gasteiger partial charge in [0.15, 0.2) is 0 Å². The normalized spacial score (nSPS) is 28.3. The Bertz CT molecular complexity index is 1190. The fourth-order valence-corrected chi connectivity index (χ4v) is 6.53. The van der Waals surface area contributed by atoms with Gasteiger partial charge in [-0.15, -0.1) is 0 Å². The summed E-state index contributed by atoms with van der Waals surface area (Å²) in [5.74, 6) is -1.78. The fraction of sp³-hybridized carbons (Fsp3) is 0.200. The molecule has 0 saturated carbocycles. The Balaban J connectivity index is 1.66. The maximum absolute atomic E-state index is 13.8. The van der Waals surface area contributed by atoms with E-state index in [-0.39, 0.29) is 24.3 Å². The summed E-state index contributed by atoms with van der Waals surface area (Å²) < 4.78 is 0.700. The van der Waals surface area contributed by atoms with Gasteiger partial charge in [0.05, 0.1) is 29.5 Å². The average molecular weight is 460 g/mol. The Morgan fingerprint density at radius 2 is 1.40 bits per heavy atom. The van der Waals surface area contributed by atoms with Crippen LogP contribution in [0.2, 0.25) is 0 Å². The van der Waals surface area contributed by atoms with Crippen LogP contribution in [0.5, 0.6) is 0 Å². The highest BCUT2D eigenvalue weighted by Gasteiger charge is 2.68. The molecule has 0 unspecified atom stereocenters. The van der Waals surface area contributed by atoms with Crippen molar-refractivity contribution in [1.82, 2.24) is 0 Å². The number of hydrogen-bond donors (Lipinski definition) is 1. The number of aliphatic hydroxyl groups is 1. The van der Waals surface area contributed by atoms with Gasteiger partial charge in [-0.2, -0.15) is 0 Å². The van der Waals surface area contributed by atoms with Gasteiger partial charge in [-0.1, -0.05) is 60.7 Å². The summed E-state index contributed by atoms with van der Waals surface area (Å²) in [6.07, 6.45) is 0. The third-order valence-corrected chi connectivity index (χ3v) is 7.81. The van der Waals surface area contributed by atoms with Crippen LogP contribution in [0.1, 0.15) is 28.2 Å². The van der Waals surface area contributed by atoms with Crippen molar-refractivity contribution in [1.29, 1.82) is 0 Å². The molecule has 1 N–H and O–H groups in total. The molecular formula is C25H18BrNO3. The minimum Gasteiger partial charge on any atom is -0.395 e. The molecule has 7 rings (SSSR count). The lowest BCUT2D eigenvalue weighted by Gasteiger charge is -2.53. The van der Waals surface area contributed by atoms with Crippen molar-refractivity contribution in [2.24, 2.45) is 11.8 Å². The molecule has 1 heterocycles. The number of carbonyl (C=O) groups excluding carboxylic acids is 2. The van der Waals surface area contributed by atoms with E-state index in [1.54, 1.807) is 6.07 Å². The Morgan fingerprint density at radius 3 is 2.00 bits per heavy atom. The molecule has 2 amide bonds. The number of amides is 2. The zero-order valence-electron chi connectivity index (χ0n) is 16.0. The van der Waals surface area contributed by atoms with Gasteiger partial charge in [0, 0.05) is 10.4 Å². The highest BCUT2D eigenvalue weighted by Crippen LogP contribution is 2.64. The Hall–Kier alpha value is -2.76. The summed E-state index contributed by atoms with van der Waals surface area (Å²) in [7, 11) is 0. The molecule has 30 heavy (non-hydrogen) atoms. The van der Waals surface area contributed by atoms with E-state index in [9.17, 15) is 14.7 Å². The van der Waals surface area contributed by atoms with Crippen LogP contribution in [0.15, 0.2) is 77.3 Å². The number of carbonyl (C=O) groups is 2. The van der Waals surface area contributed by atoms with Gasteiger partial charge < -0.3 is 5.11 Å². The van der Waals surface area contributed by atoms with Crippen molar-refractivity contribution in [3.63, 3.8) is 0 Å². The second kappa shape index (κ2) is 6.13. The molecule has 0 aromatic heterocycles. The van der Waals surface area contributed by atoms with Gasteiger partial charge in [0.25, 0.3) is 0 Å². The molecule has 1 saturated heterocycles. The van der Waals surface area contributed by atoms with Gasteiger partial charge in [-0.05, 0) is 50.3 Å². The number of hydrogen-bond acceptors (Lipinski definition) is 3. The average Bonchev–Trinajstić information content (AvgIpc) is 3.05. The molecule has 1 fully saturated rings. The molecular weight excluding hydrogens is 442 g/mol. The molecule has 5 heteroatoms. The van der Waals surface area contributed by atoms with Crippen LogP contribution >= 0.6 is 15.9 Å². The highest BCUT2D eigenvalue weighted by atomic mass is 79.9. The first-order chi connectivity index (χ1) is 14.6. The molecule has 1 aliphatic heterocycles. The highest BCUT2D eigenvalue weighted by molar-refractivity contribution is 9.10. The van der Waals surface area contributed by atoms with E-state index < -0.39 is 17.3 Å². The van der Waals surface area contributed by atoms with Crippen LogP contribution in [-0.4, -0.2) is 23.5 Å². The van der Waals surface area contributed by atoms with Gasteiger partial charge in [-0.3, -0.25) is 9.59 Å². The van der Waals surface area contributed by atoms with E-state index in [1.807, 2.05) is 66.7 Å². The smallest absolute Gasteiger partial charge is 0.239 e. The minimum atomic E-state index is -0.921. The van der Waals surface area contributed by atoms with Crippen molar-refractivity contribution in [3.05, 3.63) is 99.5 Å². The largest absolute Gasteiger partial charge is 0.395 e. The number of aliphatic hydroxyl groups excluding tert-OH is 1. The van der Waals surface area contributed by atoms with E-state index in [1.165, 1.54) is 4.90 Å². The summed E-state index contributed by atoms with van der Waals surface area (Å²) in [6.45, 7) is -0.224. The van der Waals surface area contributed by atoms with Crippen LogP contribution in [0, 0.1) is 11.8 Å². The van der Waals surface area contributed by atoms with Gasteiger partial charge in [0.2, 0.25) is 11.8 Å². The number of rotatable bonds is 2. The van der Waals surface area contributed by atoms with Crippen molar-refractivity contribution in [2.75, 3.05) is 11.5 Å². The Kier molecular flexibility index (Phi) is 3.68. The minimum absolute atomic E-state index is 0.191. The Morgan fingerprint density at radius 1 is 0.833 bits per heavy atom. The van der Waals surface area contributed by atoms with Gasteiger partial charge in [0.1, 0.15) is 0 Å². The number of para-hydroxylation sites is 1. The molecule has 2 atom stereocenters. The zero-order valence-corrected chi connectivity index (χ0v) is 17.5. The predicted octanol–water partition coefficient (Wildman–Crippen LogP) is 3.99. The number of nitrogens with zero attached hydrogens (tertiary/aromatic N) is 1. The van der Waals surface area contributed by atoms with E-state index in [2.05, 4.69) is 15.9 Å². The predicted molar refractivity (Wildman–Crippen MR) is 116 cm³/mol. The second-order valence-electron chi connectivity index (χ2n) is 8.25. The number of anilines is 1. The van der Waals surface area contributed by atoms with Crippen molar-refractivity contribution in [2.45, 2.75) is 11.3 Å². The molecule has 4 aliphatic rings. The van der Waals surface area contributed by atoms with Crippen molar-refractivity contribution < 1.29 is 14.7 Å². The van der Waals surface area contributed by atoms with E-state index in [0.717, 1.165) is 22.3 Å². The summed E-state index contributed by atoms with van der Waals surface area (Å²) in [5, 5.41) is 10.8. The van der Waals surface area contributed by atoms with Crippen LogP contribution in [0.25, 0.3) is 0 Å². The molecule has 148 valence electrons. The fourth-order valence-electron chi connectivity index (χ4n) is 6.07. The molecule has 4 nitrogen and oxygen atoms in total. The topological polar surface area (TPSA) is 57.6 Å². The van der Waals surface area contributed by atoms with Crippen molar-refractivity contribution in [3.8, 4) is 0 Å². The maximum atomic E-state index is 13.8. The molecule has 3 aromatic carbocycles. The SMILES string of the molecule is O=C1[C@@H]2[C@@H](C(=O)N1c1ccccc1Br)C1c3ccccc3C2(CO)c2ccccc21. The monoisotopic (exact) mass is 459 g/mol. The number of imide groups is 1. The summed E-state index contributed by atoms with van der Waals surface area (Å²) in [6, 6.07) is 23.2. The first-order valence-electron chi connectivity index (χ1n) is 10.0. The zero-order chi connectivity index (χ0) is 20.6. The van der Waals surface area contributed by atoms with Gasteiger partial charge >= 0.3 is 0 Å². The van der Waals surface area contributed by atoms with Crippen LogP contribution in [-0.2, 0) is 15.0 Å². The number of benzene rings is 3. The third kappa shape index (κ3) is 1.95. The summed E-state index contributed by atoms with van der Waals surface area (Å²) in [4.78, 5) is 29.0. The van der Waals surface area contributed by atoms with Crippen LogP contribution in [0.3, 0.4) is 0 Å². The van der Waals surface area contributed by atoms with E-state index in [4.69, 9.17) is 0 Å². The quantitative estimate of drug-likeness (QED) is 0.589. The van der Waals surface area contributed by atoms with Crippen molar-refractivity contribution >= 4 is 33.4 Å². The molecule has 2 bridgehead atoms. The van der Waals surface area contributed by atoms with Gasteiger partial charge in [-0.25, -0.2) is 4.90 Å². The lowest BCUT2D eigenvalue weighted by Crippen LogP contribution is -2.55. The van der Waals surface area contributed by atoms with E-state index in [0.29, 0.717) is 10.2 Å². The van der Waals surface area contributed by atoms with Crippen LogP contribution in [0.4, 0.5) is 5.69 Å². The maximum Gasteiger partial charge on any atom is 0.239 e. The molecule has 3 aliphatic carbocycles. The summed E-state index contributed by atoms with van der Waals surface area (Å²) >= 11 is 3.50. The lowest BCUT2D eigenvalue weighted by atomic mass is 9.47.